The minimum atomic E-state index is -0.962. The highest BCUT2D eigenvalue weighted by Gasteiger charge is 2.52. The number of hydrogen-bond acceptors (Lipinski definition) is 28. The van der Waals surface area contributed by atoms with Crippen molar-refractivity contribution in [1.29, 1.82) is 21.0 Å². The molecule has 4 aromatic carbocycles. The average molecular weight is 2000 g/mol. The van der Waals surface area contributed by atoms with E-state index in [-0.39, 0.29) is 82.1 Å². The zero-order valence-corrected chi connectivity index (χ0v) is 85.0. The highest BCUT2D eigenvalue weighted by Crippen LogP contribution is 2.50. The van der Waals surface area contributed by atoms with E-state index in [0.717, 1.165) is 103 Å². The van der Waals surface area contributed by atoms with Crippen LogP contribution >= 0.6 is 80.1 Å². The third-order valence-electron chi connectivity index (χ3n) is 26.6. The van der Waals surface area contributed by atoms with Crippen LogP contribution in [0.1, 0.15) is 212 Å². The van der Waals surface area contributed by atoms with Crippen LogP contribution < -0.4 is 34.0 Å². The summed E-state index contributed by atoms with van der Waals surface area (Å²) in [6.45, 7) is 13.9. The van der Waals surface area contributed by atoms with Gasteiger partial charge in [0.15, 0.2) is 35.9 Å². The molecule has 6 aromatic heterocycles. The Hall–Kier alpha value is -13.1. The lowest BCUT2D eigenvalue weighted by Gasteiger charge is -2.39. The summed E-state index contributed by atoms with van der Waals surface area (Å²) in [5, 5.41) is 47.4. The van der Waals surface area contributed by atoms with Gasteiger partial charge in [-0.05, 0) is 217 Å². The maximum absolute atomic E-state index is 13.4. The van der Waals surface area contributed by atoms with Gasteiger partial charge in [-0.2, -0.15) is 21.0 Å². The van der Waals surface area contributed by atoms with Crippen molar-refractivity contribution in [1.82, 2.24) is 44.8 Å². The van der Waals surface area contributed by atoms with E-state index in [1.807, 2.05) is 87.0 Å². The number of aromatic nitrogens is 3. The molecule has 11 heterocycles. The Labute approximate surface area is 840 Å². The van der Waals surface area contributed by atoms with Crippen molar-refractivity contribution in [3.63, 3.8) is 0 Å². The molecule has 0 bridgehead atoms. The number of hydrogen-bond donors (Lipinski definition) is 6. The highest BCUT2D eigenvalue weighted by molar-refractivity contribution is 7.15. The quantitative estimate of drug-likeness (QED) is 0.0435. The monoisotopic (exact) mass is 2000 g/mol. The first kappa shape index (κ1) is 103. The Kier molecular flexibility index (Phi) is 32.3. The molecule has 11 N–H and O–H groups in total. The second-order valence-corrected chi connectivity index (χ2v) is 41.7. The molecule has 2 saturated carbocycles. The summed E-state index contributed by atoms with van der Waals surface area (Å²) < 4.78 is 5.45. The summed E-state index contributed by atoms with van der Waals surface area (Å²) >= 11 is 24.1. The van der Waals surface area contributed by atoms with Gasteiger partial charge in [0, 0.05) is 97.8 Å². The third-order valence-corrected chi connectivity index (χ3v) is 32.1. The second kappa shape index (κ2) is 43.5. The highest BCUT2D eigenvalue weighted by atomic mass is 35.5. The Bertz CT molecular complexity index is 6640. The number of rotatable bonds is 18. The van der Waals surface area contributed by atoms with Crippen molar-refractivity contribution in [3.8, 4) is 68.1 Å². The van der Waals surface area contributed by atoms with Crippen LogP contribution in [0.4, 0.5) is 0 Å². The lowest BCUT2D eigenvalue weighted by Crippen LogP contribution is -2.57. The average Bonchev–Trinajstić information content (AvgIpc) is 1.71. The largest absolute Gasteiger partial charge is 0.369 e. The van der Waals surface area contributed by atoms with Crippen molar-refractivity contribution < 1.29 is 33.5 Å². The number of carbonyl (C=O) groups excluding carboxylic acids is 6. The molecule has 7 aliphatic rings. The van der Waals surface area contributed by atoms with E-state index in [1.54, 1.807) is 108 Å². The molecule has 139 heavy (non-hydrogen) atoms. The van der Waals surface area contributed by atoms with Gasteiger partial charge in [-0.1, -0.05) is 148 Å². The number of thiophene rings is 3. The third kappa shape index (κ3) is 22.9. The zero-order chi connectivity index (χ0) is 100. The number of guanidine groups is 5. The van der Waals surface area contributed by atoms with E-state index in [4.69, 9.17) is 83.5 Å². The number of halogens is 3. The number of likely N-dealkylation sites (N-methyl/N-ethyl adjacent to an activating group) is 3. The van der Waals surface area contributed by atoms with Crippen LogP contribution in [-0.2, 0) is 50.9 Å². The van der Waals surface area contributed by atoms with Gasteiger partial charge in [-0.3, -0.25) is 58.3 Å². The van der Waals surface area contributed by atoms with Crippen molar-refractivity contribution in [2.75, 3.05) is 42.3 Å². The number of carbonyl (C=O) groups is 6. The van der Waals surface area contributed by atoms with Gasteiger partial charge in [0.1, 0.15) is 49.1 Å². The molecule has 0 spiro atoms. The summed E-state index contributed by atoms with van der Waals surface area (Å²) in [7, 11) is 9.67. The zero-order valence-electron chi connectivity index (χ0n) is 79.5. The number of nitriles is 4. The van der Waals surface area contributed by atoms with Gasteiger partial charge < -0.3 is 38.7 Å². The van der Waals surface area contributed by atoms with Gasteiger partial charge >= 0.3 is 0 Å². The fourth-order valence-corrected chi connectivity index (χ4v) is 23.6. The van der Waals surface area contributed by atoms with Crippen LogP contribution in [0.5, 0.6) is 0 Å². The molecule has 720 valence electrons. The standard InChI is InChI=1S/C25H35Cl2N5O2.C24H24N6OS.C19H17N5O2S.C18H17ClN4OS.C16H17N3OS/c1-32-23(34)25(31-24(32)28,11-10-16-6-3-2-4-7-16)15-17-8-5-9-19(12-17)29-22(33)18-13-20(26)30-21(27)14-18;1-14(2)16-5-7-17(8-6-16)20-21(31)30(4)23(26)29-24(20,3)22-28-13-19(32-22)18-9-15(10-25)11-27-12-18;1-19(16(26-3)17(25)24(2)18(22)23-19)15-7-14(10-27-15)13-5-11(8-20)4-12(6-13)9-21;1-10-14(12-4-11(8-20)5-13(19)6-12)9-25-16(10)18(2)7-15(24)23(3)17(21)22-18;1-16(9-14(20)19(2)15(17)18-16)13-8-12(10-21-13)11-6-4-3-5-7-11/h13-14,16-17,19H,2-12,15H2,1H3,(H2,28,31)(H,29,33);5-9,11-14,20H,1-4H3,(H2,26,29);4-7,10,16H,1-3H3,(H2,22,23);4-6,9H,7H2,1-3H3,(H2,21,22);3-8,10H,9H2,1-2H3,(H2,17,18)/t17-,19+,25+;20?,24-;16?,19-;18-;16-/m00100/s1. The molecule has 2 aliphatic carbocycles. The van der Waals surface area contributed by atoms with Crippen LogP contribution in [0.25, 0.3) is 43.8 Å². The van der Waals surface area contributed by atoms with Crippen molar-refractivity contribution in [2.45, 2.75) is 190 Å². The van der Waals surface area contributed by atoms with Crippen LogP contribution in [0, 0.1) is 64.1 Å². The van der Waals surface area contributed by atoms with Gasteiger partial charge in [-0.15, -0.1) is 45.3 Å². The molecule has 17 rings (SSSR count). The number of nitrogens with one attached hydrogen (secondary N) is 1. The first-order valence-electron chi connectivity index (χ1n) is 45.3. The number of pyridine rings is 2. The number of methoxy groups -OCH3 is 1. The molecule has 6 amide bonds. The number of benzene rings is 4. The summed E-state index contributed by atoms with van der Waals surface area (Å²) in [4.78, 5) is 123. The van der Waals surface area contributed by atoms with E-state index in [0.29, 0.717) is 74.4 Å². The van der Waals surface area contributed by atoms with Crippen molar-refractivity contribution >= 4 is 145 Å². The molecule has 0 radical (unpaired) electrons. The predicted molar refractivity (Wildman–Crippen MR) is 549 cm³/mol. The molecule has 9 atom stereocenters. The number of thiazole rings is 1. The molecule has 2 fully saturated rings. The lowest BCUT2D eigenvalue weighted by atomic mass is 9.74. The molecule has 10 aromatic rings. The fraction of sp³-hybridized carbons (Fsp3) is 0.373. The minimum absolute atomic E-state index is 0.000314. The first-order valence-corrected chi connectivity index (χ1v) is 49.9. The van der Waals surface area contributed by atoms with Gasteiger partial charge in [0.05, 0.1) is 64.1 Å². The summed E-state index contributed by atoms with van der Waals surface area (Å²) in [6.07, 6.45) is 17.3. The fourth-order valence-electron chi connectivity index (χ4n) is 18.6. The Morgan fingerprint density at radius 2 is 1.11 bits per heavy atom. The number of ether oxygens (including phenoxy) is 1. The van der Waals surface area contributed by atoms with Crippen LogP contribution in [0.3, 0.4) is 0 Å². The van der Waals surface area contributed by atoms with Crippen molar-refractivity contribution in [3.05, 3.63) is 236 Å². The summed E-state index contributed by atoms with van der Waals surface area (Å²) in [5.74, 6) is 1.29. The number of nitrogens with zero attached hydrogens (tertiary/aromatic N) is 17. The van der Waals surface area contributed by atoms with Gasteiger partial charge in [-0.25, -0.2) is 34.9 Å². The van der Waals surface area contributed by atoms with Crippen LogP contribution in [-0.4, -0.2) is 165 Å². The second-order valence-electron chi connectivity index (χ2n) is 36.8. The molecule has 5 aliphatic heterocycles. The smallest absolute Gasteiger partial charge is 0.261 e. The SMILES string of the molecule is CC(C)c1ccc(C2C(=O)N(C)C(N)=N[C@]2(C)c2ncc(-c3cncc(C#N)c3)s2)cc1.CN1C(=O)C[C@@](C)(c2cc(-c3ccccc3)cs2)N=C1N.CN1C(=O)[C@@](CCC2CCCCC2)(C[C@H]2CCC[C@@H](NC(=O)c3cc(Cl)nc(Cl)c3)C2)N=C1N.COC1C(=O)N(C)C(N)=N[C@]1(C)c1cc(-c2cc(C#N)cc(C#N)c2)cs1.Cc1c(-c2cc(Cl)cc(C#N)c2)csc1[C@]1(C)CC(=O)N(C)C(N)=N1. The molecule has 2 unspecified atom stereocenters. The lowest BCUT2D eigenvalue weighted by molar-refractivity contribution is -0.142. The van der Waals surface area contributed by atoms with E-state index < -0.39 is 39.7 Å². The van der Waals surface area contributed by atoms with Gasteiger partial charge in [0.2, 0.25) is 17.7 Å². The Morgan fingerprint density at radius 1 is 0.554 bits per heavy atom. The normalized spacial score (nSPS) is 23.0. The van der Waals surface area contributed by atoms with Crippen LogP contribution in [0.2, 0.25) is 15.3 Å². The number of amides is 6. The minimum Gasteiger partial charge on any atom is -0.369 e. The maximum Gasteiger partial charge on any atom is 0.261 e. The molecule has 30 nitrogen and oxygen atoms in total. The van der Waals surface area contributed by atoms with Crippen LogP contribution in [0.15, 0.2) is 181 Å². The molecular weight excluding hydrogens is 1890 g/mol. The molecular formula is C102H110Cl3N23O7S4. The van der Waals surface area contributed by atoms with E-state index in [2.05, 4.69) is 109 Å². The number of aliphatic imine (C=N–C) groups is 5. The van der Waals surface area contributed by atoms with Crippen molar-refractivity contribution in [2.24, 2.45) is 65.5 Å². The molecule has 0 saturated heterocycles. The Morgan fingerprint density at radius 3 is 1.71 bits per heavy atom. The Balaban J connectivity index is 0.000000148. The van der Waals surface area contributed by atoms with E-state index in [9.17, 15) is 44.6 Å². The summed E-state index contributed by atoms with van der Waals surface area (Å²) in [5.41, 5.74) is 37.9. The summed E-state index contributed by atoms with van der Waals surface area (Å²) in [6, 6.07) is 45.8. The van der Waals surface area contributed by atoms with E-state index >= 15 is 0 Å². The molecule has 37 heteroatoms. The number of nitrogens with two attached hydrogens (primary N) is 5. The first-order chi connectivity index (χ1) is 66.1. The van der Waals surface area contributed by atoms with Gasteiger partial charge in [0.25, 0.3) is 17.7 Å². The van der Waals surface area contributed by atoms with E-state index in [1.165, 1.54) is 116 Å². The predicted octanol–water partition coefficient (Wildman–Crippen LogP) is 17.6. The topological polar surface area (TPSA) is 466 Å². The maximum atomic E-state index is 13.4.